The third kappa shape index (κ3) is 2.39. The second kappa shape index (κ2) is 4.71. The molecule has 0 bridgehead atoms. The average molecular weight is 237 g/mol. The number of halogens is 1. The SMILES string of the molecule is CN(c1ccc(F)cc1C(=N)N)C1CCOC1. The van der Waals surface area contributed by atoms with Crippen LogP contribution in [0.4, 0.5) is 10.1 Å². The Hall–Kier alpha value is -1.62. The monoisotopic (exact) mass is 237 g/mol. The number of hydrogen-bond acceptors (Lipinski definition) is 3. The van der Waals surface area contributed by atoms with Crippen LogP contribution in [0, 0.1) is 11.2 Å². The molecule has 1 unspecified atom stereocenters. The van der Waals surface area contributed by atoms with Gasteiger partial charge in [0.2, 0.25) is 0 Å². The van der Waals surface area contributed by atoms with Crippen LogP contribution in [-0.2, 0) is 4.74 Å². The van der Waals surface area contributed by atoms with Crippen molar-refractivity contribution in [2.75, 3.05) is 25.2 Å². The van der Waals surface area contributed by atoms with E-state index in [1.54, 1.807) is 6.07 Å². The molecule has 5 heteroatoms. The Morgan fingerprint density at radius 1 is 1.59 bits per heavy atom. The lowest BCUT2D eigenvalue weighted by molar-refractivity contribution is 0.193. The van der Waals surface area contributed by atoms with Crippen LogP contribution < -0.4 is 10.6 Å². The standard InChI is InChI=1S/C12H16FN3O/c1-16(9-4-5-17-7-9)11-3-2-8(13)6-10(11)12(14)15/h2-3,6,9H,4-5,7H2,1H3,(H3,14,15). The van der Waals surface area contributed by atoms with Crippen LogP contribution in [0.25, 0.3) is 0 Å². The summed E-state index contributed by atoms with van der Waals surface area (Å²) in [6.07, 6.45) is 0.936. The summed E-state index contributed by atoms with van der Waals surface area (Å²) in [7, 11) is 1.92. The van der Waals surface area contributed by atoms with Crippen molar-refractivity contribution < 1.29 is 9.13 Å². The minimum atomic E-state index is -0.380. The molecule has 1 aromatic carbocycles. The lowest BCUT2D eigenvalue weighted by atomic mass is 10.1. The third-order valence-electron chi connectivity index (χ3n) is 3.08. The van der Waals surface area contributed by atoms with Gasteiger partial charge in [-0.15, -0.1) is 0 Å². The number of nitrogens with one attached hydrogen (secondary N) is 1. The molecule has 1 aliphatic heterocycles. The van der Waals surface area contributed by atoms with Crippen LogP contribution in [0.2, 0.25) is 0 Å². The zero-order chi connectivity index (χ0) is 12.4. The molecule has 17 heavy (non-hydrogen) atoms. The van der Waals surface area contributed by atoms with E-state index in [4.69, 9.17) is 15.9 Å². The molecule has 1 aromatic rings. The first kappa shape index (κ1) is 11.9. The van der Waals surface area contributed by atoms with E-state index in [0.717, 1.165) is 18.7 Å². The molecule has 1 atom stereocenters. The number of rotatable bonds is 3. The van der Waals surface area contributed by atoms with Crippen molar-refractivity contribution in [2.45, 2.75) is 12.5 Å². The molecule has 92 valence electrons. The van der Waals surface area contributed by atoms with E-state index in [1.807, 2.05) is 11.9 Å². The van der Waals surface area contributed by atoms with E-state index >= 15 is 0 Å². The van der Waals surface area contributed by atoms with Crippen LogP contribution in [0.5, 0.6) is 0 Å². The fourth-order valence-corrected chi connectivity index (χ4v) is 2.06. The molecular weight excluding hydrogens is 221 g/mol. The Bertz CT molecular complexity index is 430. The number of benzene rings is 1. The Balaban J connectivity index is 2.33. The topological polar surface area (TPSA) is 62.3 Å². The van der Waals surface area contributed by atoms with Crippen LogP contribution in [-0.4, -0.2) is 32.1 Å². The first-order chi connectivity index (χ1) is 8.09. The van der Waals surface area contributed by atoms with Crippen LogP contribution in [0.1, 0.15) is 12.0 Å². The largest absolute Gasteiger partial charge is 0.384 e. The van der Waals surface area contributed by atoms with Crippen molar-refractivity contribution in [3.63, 3.8) is 0 Å². The molecule has 0 amide bonds. The maximum absolute atomic E-state index is 13.2. The van der Waals surface area contributed by atoms with Crippen molar-refractivity contribution in [3.05, 3.63) is 29.6 Å². The number of ether oxygens (including phenoxy) is 1. The highest BCUT2D eigenvalue weighted by molar-refractivity contribution is 6.00. The van der Waals surface area contributed by atoms with Gasteiger partial charge in [-0.25, -0.2) is 4.39 Å². The molecule has 2 rings (SSSR count). The molecule has 0 spiro atoms. The maximum Gasteiger partial charge on any atom is 0.125 e. The summed E-state index contributed by atoms with van der Waals surface area (Å²) in [5, 5.41) is 7.49. The van der Waals surface area contributed by atoms with Crippen molar-refractivity contribution in [1.29, 1.82) is 5.41 Å². The first-order valence-corrected chi connectivity index (χ1v) is 5.54. The summed E-state index contributed by atoms with van der Waals surface area (Å²) in [4.78, 5) is 2.00. The number of amidine groups is 1. The second-order valence-corrected chi connectivity index (χ2v) is 4.20. The quantitative estimate of drug-likeness (QED) is 0.616. The number of nitrogens with two attached hydrogens (primary N) is 1. The van der Waals surface area contributed by atoms with Gasteiger partial charge in [-0.1, -0.05) is 0 Å². The van der Waals surface area contributed by atoms with Gasteiger partial charge in [0.15, 0.2) is 0 Å². The van der Waals surface area contributed by atoms with Crippen molar-refractivity contribution in [1.82, 2.24) is 0 Å². The van der Waals surface area contributed by atoms with E-state index in [2.05, 4.69) is 0 Å². The number of anilines is 1. The fourth-order valence-electron chi connectivity index (χ4n) is 2.06. The van der Waals surface area contributed by atoms with E-state index < -0.39 is 0 Å². The Labute approximate surface area is 99.7 Å². The molecule has 4 nitrogen and oxygen atoms in total. The number of nitrogen functional groups attached to an aromatic ring is 1. The molecule has 3 N–H and O–H groups in total. The lowest BCUT2D eigenvalue weighted by Crippen LogP contribution is -2.33. The number of nitrogens with zero attached hydrogens (tertiary/aromatic N) is 1. The Kier molecular flexibility index (Phi) is 3.28. The van der Waals surface area contributed by atoms with Crippen LogP contribution in [0.3, 0.4) is 0 Å². The second-order valence-electron chi connectivity index (χ2n) is 4.20. The lowest BCUT2D eigenvalue weighted by Gasteiger charge is -2.27. The minimum Gasteiger partial charge on any atom is -0.384 e. The molecule has 1 heterocycles. The van der Waals surface area contributed by atoms with Crippen molar-refractivity contribution >= 4 is 11.5 Å². The Morgan fingerprint density at radius 3 is 2.94 bits per heavy atom. The van der Waals surface area contributed by atoms with Crippen LogP contribution in [0.15, 0.2) is 18.2 Å². The molecule has 0 aromatic heterocycles. The van der Waals surface area contributed by atoms with Crippen molar-refractivity contribution in [2.24, 2.45) is 5.73 Å². The van der Waals surface area contributed by atoms with Gasteiger partial charge >= 0.3 is 0 Å². The predicted molar refractivity (Wildman–Crippen MR) is 65.0 cm³/mol. The molecule has 1 saturated heterocycles. The van der Waals surface area contributed by atoms with E-state index in [0.29, 0.717) is 12.2 Å². The van der Waals surface area contributed by atoms with Gasteiger partial charge in [0.25, 0.3) is 0 Å². The van der Waals surface area contributed by atoms with Gasteiger partial charge in [-0.2, -0.15) is 0 Å². The van der Waals surface area contributed by atoms with E-state index in [9.17, 15) is 4.39 Å². The van der Waals surface area contributed by atoms with Gasteiger partial charge in [-0.05, 0) is 24.6 Å². The summed E-state index contributed by atoms with van der Waals surface area (Å²) in [5.41, 5.74) is 6.68. The number of likely N-dealkylation sites (N-methyl/N-ethyl adjacent to an activating group) is 1. The average Bonchev–Trinajstić information content (AvgIpc) is 2.81. The van der Waals surface area contributed by atoms with Crippen LogP contribution >= 0.6 is 0 Å². The predicted octanol–water partition coefficient (Wildman–Crippen LogP) is 1.33. The van der Waals surface area contributed by atoms with Crippen molar-refractivity contribution in [3.8, 4) is 0 Å². The summed E-state index contributed by atoms with van der Waals surface area (Å²) < 4.78 is 18.5. The summed E-state index contributed by atoms with van der Waals surface area (Å²) in [6.45, 7) is 1.40. The van der Waals surface area contributed by atoms with Gasteiger partial charge in [0.05, 0.1) is 12.6 Å². The van der Waals surface area contributed by atoms with Gasteiger partial charge in [0, 0.05) is 24.9 Å². The zero-order valence-electron chi connectivity index (χ0n) is 9.74. The molecule has 0 radical (unpaired) electrons. The fraction of sp³-hybridized carbons (Fsp3) is 0.417. The summed E-state index contributed by atoms with van der Waals surface area (Å²) in [5.74, 6) is -0.500. The highest BCUT2D eigenvalue weighted by Gasteiger charge is 2.22. The van der Waals surface area contributed by atoms with E-state index in [-0.39, 0.29) is 17.7 Å². The molecule has 0 aliphatic carbocycles. The maximum atomic E-state index is 13.2. The Morgan fingerprint density at radius 2 is 2.35 bits per heavy atom. The molecular formula is C12H16FN3O. The third-order valence-corrected chi connectivity index (χ3v) is 3.08. The van der Waals surface area contributed by atoms with Gasteiger partial charge in [-0.3, -0.25) is 5.41 Å². The molecule has 0 saturated carbocycles. The smallest absolute Gasteiger partial charge is 0.125 e. The normalized spacial score (nSPS) is 19.3. The number of hydrogen-bond donors (Lipinski definition) is 2. The summed E-state index contributed by atoms with van der Waals surface area (Å²) in [6, 6.07) is 4.60. The van der Waals surface area contributed by atoms with E-state index in [1.165, 1.54) is 12.1 Å². The first-order valence-electron chi connectivity index (χ1n) is 5.54. The summed E-state index contributed by atoms with van der Waals surface area (Å²) >= 11 is 0. The van der Waals surface area contributed by atoms with Gasteiger partial charge < -0.3 is 15.4 Å². The molecule has 1 aliphatic rings. The zero-order valence-corrected chi connectivity index (χ0v) is 9.74. The minimum absolute atomic E-state index is 0.120. The highest BCUT2D eigenvalue weighted by Crippen LogP contribution is 2.24. The van der Waals surface area contributed by atoms with Gasteiger partial charge in [0.1, 0.15) is 11.7 Å². The highest BCUT2D eigenvalue weighted by atomic mass is 19.1. The molecule has 1 fully saturated rings.